The van der Waals surface area contributed by atoms with Gasteiger partial charge >= 0.3 is 0 Å². The van der Waals surface area contributed by atoms with E-state index in [0.717, 1.165) is 25.8 Å². The van der Waals surface area contributed by atoms with E-state index >= 15 is 0 Å². The van der Waals surface area contributed by atoms with Crippen LogP contribution in [0.25, 0.3) is 0 Å². The molecule has 0 aromatic rings. The number of nitrogens with two attached hydrogens (primary N) is 1. The van der Waals surface area contributed by atoms with Gasteiger partial charge in [-0.25, -0.2) is 0 Å². The van der Waals surface area contributed by atoms with Gasteiger partial charge < -0.3 is 11.1 Å². The highest BCUT2D eigenvalue weighted by Gasteiger charge is 2.32. The standard InChI is InChI=1S/C13H28N2OS/c1-4-13(5-2,11-14)12(16)15-9-7-6-8-10-17-3/h4-11,14H2,1-3H3,(H,15,16). The molecule has 0 saturated heterocycles. The number of carbonyl (C=O) groups excluding carboxylic acids is 1. The summed E-state index contributed by atoms with van der Waals surface area (Å²) in [7, 11) is 0. The first-order valence-electron chi connectivity index (χ1n) is 6.64. The Morgan fingerprint density at radius 3 is 2.35 bits per heavy atom. The molecule has 0 saturated carbocycles. The Hall–Kier alpha value is -0.220. The lowest BCUT2D eigenvalue weighted by molar-refractivity contribution is -0.131. The minimum atomic E-state index is -0.348. The van der Waals surface area contributed by atoms with E-state index in [9.17, 15) is 4.79 Å². The molecular weight excluding hydrogens is 232 g/mol. The molecule has 0 spiro atoms. The van der Waals surface area contributed by atoms with Crippen molar-refractivity contribution in [3.63, 3.8) is 0 Å². The quantitative estimate of drug-likeness (QED) is 0.593. The van der Waals surface area contributed by atoms with Crippen LogP contribution in [-0.2, 0) is 4.79 Å². The Labute approximate surface area is 110 Å². The predicted molar refractivity (Wildman–Crippen MR) is 77.3 cm³/mol. The van der Waals surface area contributed by atoms with Crippen LogP contribution in [0.5, 0.6) is 0 Å². The van der Waals surface area contributed by atoms with Crippen molar-refractivity contribution < 1.29 is 4.79 Å². The smallest absolute Gasteiger partial charge is 0.227 e. The average molecular weight is 260 g/mol. The molecule has 3 N–H and O–H groups in total. The first kappa shape index (κ1) is 16.8. The monoisotopic (exact) mass is 260 g/mol. The van der Waals surface area contributed by atoms with Gasteiger partial charge in [0, 0.05) is 13.1 Å². The fourth-order valence-electron chi connectivity index (χ4n) is 1.89. The number of amides is 1. The Kier molecular flexibility index (Phi) is 9.65. The normalized spacial score (nSPS) is 11.5. The van der Waals surface area contributed by atoms with Gasteiger partial charge in [0.2, 0.25) is 5.91 Å². The minimum Gasteiger partial charge on any atom is -0.356 e. The SMILES string of the molecule is CCC(CC)(CN)C(=O)NCCCCCSC. The summed E-state index contributed by atoms with van der Waals surface area (Å²) in [6.07, 6.45) is 7.26. The van der Waals surface area contributed by atoms with Gasteiger partial charge in [-0.15, -0.1) is 0 Å². The maximum absolute atomic E-state index is 12.1. The second kappa shape index (κ2) is 9.77. The highest BCUT2D eigenvalue weighted by Crippen LogP contribution is 2.24. The fraction of sp³-hybridized carbons (Fsp3) is 0.923. The van der Waals surface area contributed by atoms with Crippen LogP contribution in [0.3, 0.4) is 0 Å². The van der Waals surface area contributed by atoms with Crippen LogP contribution in [0.15, 0.2) is 0 Å². The van der Waals surface area contributed by atoms with Gasteiger partial charge in [-0.1, -0.05) is 20.3 Å². The molecule has 0 aliphatic heterocycles. The van der Waals surface area contributed by atoms with Crippen LogP contribution in [0.1, 0.15) is 46.0 Å². The zero-order chi connectivity index (χ0) is 13.1. The molecule has 102 valence electrons. The topological polar surface area (TPSA) is 55.1 Å². The second-order valence-corrected chi connectivity index (χ2v) is 5.49. The van der Waals surface area contributed by atoms with Gasteiger partial charge in [-0.3, -0.25) is 4.79 Å². The lowest BCUT2D eigenvalue weighted by Gasteiger charge is -2.28. The van der Waals surface area contributed by atoms with E-state index in [4.69, 9.17) is 5.73 Å². The summed E-state index contributed by atoms with van der Waals surface area (Å²) < 4.78 is 0. The number of carbonyl (C=O) groups is 1. The van der Waals surface area contributed by atoms with Gasteiger partial charge in [0.05, 0.1) is 5.41 Å². The molecule has 0 atom stereocenters. The third-order valence-electron chi connectivity index (χ3n) is 3.54. The first-order valence-corrected chi connectivity index (χ1v) is 8.03. The lowest BCUT2D eigenvalue weighted by Crippen LogP contribution is -2.45. The number of hydrogen-bond acceptors (Lipinski definition) is 3. The van der Waals surface area contributed by atoms with E-state index in [1.165, 1.54) is 18.6 Å². The van der Waals surface area contributed by atoms with E-state index in [1.807, 2.05) is 25.6 Å². The summed E-state index contributed by atoms with van der Waals surface area (Å²) in [4.78, 5) is 12.1. The molecule has 0 unspecified atom stereocenters. The number of rotatable bonds is 10. The molecule has 17 heavy (non-hydrogen) atoms. The van der Waals surface area contributed by atoms with Crippen molar-refractivity contribution in [2.45, 2.75) is 46.0 Å². The molecule has 0 aromatic carbocycles. The molecule has 0 fully saturated rings. The molecule has 0 rings (SSSR count). The molecular formula is C13H28N2OS. The molecule has 0 aromatic heterocycles. The summed E-state index contributed by atoms with van der Waals surface area (Å²) in [6.45, 7) is 5.30. The van der Waals surface area contributed by atoms with Crippen molar-refractivity contribution >= 4 is 17.7 Å². The van der Waals surface area contributed by atoms with Gasteiger partial charge in [0.15, 0.2) is 0 Å². The maximum atomic E-state index is 12.1. The second-order valence-electron chi connectivity index (χ2n) is 4.50. The van der Waals surface area contributed by atoms with E-state index in [0.29, 0.717) is 6.54 Å². The van der Waals surface area contributed by atoms with Gasteiger partial charge in [-0.05, 0) is 37.7 Å². The predicted octanol–water partition coefficient (Wildman–Crippen LogP) is 2.40. The van der Waals surface area contributed by atoms with Gasteiger partial charge in [0.25, 0.3) is 0 Å². The molecule has 0 radical (unpaired) electrons. The fourth-order valence-corrected chi connectivity index (χ4v) is 2.38. The van der Waals surface area contributed by atoms with Crippen molar-refractivity contribution in [3.05, 3.63) is 0 Å². The summed E-state index contributed by atoms with van der Waals surface area (Å²) >= 11 is 1.88. The number of nitrogens with one attached hydrogen (secondary N) is 1. The maximum Gasteiger partial charge on any atom is 0.227 e. The third kappa shape index (κ3) is 5.77. The first-order chi connectivity index (χ1) is 8.16. The van der Waals surface area contributed by atoms with Crippen molar-refractivity contribution in [2.24, 2.45) is 11.1 Å². The molecule has 0 heterocycles. The van der Waals surface area contributed by atoms with Crippen LogP contribution in [0, 0.1) is 5.41 Å². The Bertz CT molecular complexity index is 197. The molecule has 1 amide bonds. The van der Waals surface area contributed by atoms with E-state index in [-0.39, 0.29) is 11.3 Å². The van der Waals surface area contributed by atoms with Crippen molar-refractivity contribution in [3.8, 4) is 0 Å². The van der Waals surface area contributed by atoms with Crippen LogP contribution in [-0.4, -0.2) is 31.0 Å². The Morgan fingerprint density at radius 2 is 1.88 bits per heavy atom. The van der Waals surface area contributed by atoms with Crippen LogP contribution < -0.4 is 11.1 Å². The van der Waals surface area contributed by atoms with Crippen LogP contribution >= 0.6 is 11.8 Å². The molecule has 0 bridgehead atoms. The van der Waals surface area contributed by atoms with Gasteiger partial charge in [0.1, 0.15) is 0 Å². The zero-order valence-corrected chi connectivity index (χ0v) is 12.4. The summed E-state index contributed by atoms with van der Waals surface area (Å²) in [5.41, 5.74) is 5.39. The molecule has 0 aliphatic rings. The van der Waals surface area contributed by atoms with E-state index in [1.54, 1.807) is 0 Å². The van der Waals surface area contributed by atoms with E-state index < -0.39 is 0 Å². The molecule has 3 nitrogen and oxygen atoms in total. The number of hydrogen-bond donors (Lipinski definition) is 2. The summed E-state index contributed by atoms with van der Waals surface area (Å²) in [5, 5.41) is 3.03. The number of thioether (sulfide) groups is 1. The van der Waals surface area contributed by atoms with Gasteiger partial charge in [-0.2, -0.15) is 11.8 Å². The lowest BCUT2D eigenvalue weighted by atomic mass is 9.81. The van der Waals surface area contributed by atoms with Crippen molar-refractivity contribution in [2.75, 3.05) is 25.1 Å². The zero-order valence-electron chi connectivity index (χ0n) is 11.6. The molecule has 0 aliphatic carbocycles. The van der Waals surface area contributed by atoms with E-state index in [2.05, 4.69) is 11.6 Å². The Morgan fingerprint density at radius 1 is 1.24 bits per heavy atom. The molecule has 4 heteroatoms. The average Bonchev–Trinajstić information content (AvgIpc) is 2.36. The van der Waals surface area contributed by atoms with Crippen molar-refractivity contribution in [1.82, 2.24) is 5.32 Å². The summed E-state index contributed by atoms with van der Waals surface area (Å²) in [5.74, 6) is 1.35. The summed E-state index contributed by atoms with van der Waals surface area (Å²) in [6, 6.07) is 0. The highest BCUT2D eigenvalue weighted by molar-refractivity contribution is 7.98. The van der Waals surface area contributed by atoms with Crippen LogP contribution in [0.2, 0.25) is 0 Å². The number of unbranched alkanes of at least 4 members (excludes halogenated alkanes) is 2. The van der Waals surface area contributed by atoms with Crippen molar-refractivity contribution in [1.29, 1.82) is 0 Å². The largest absolute Gasteiger partial charge is 0.356 e. The minimum absolute atomic E-state index is 0.134. The Balaban J connectivity index is 3.83. The van der Waals surface area contributed by atoms with Crippen LogP contribution in [0.4, 0.5) is 0 Å². The highest BCUT2D eigenvalue weighted by atomic mass is 32.2. The third-order valence-corrected chi connectivity index (χ3v) is 4.23.